The van der Waals surface area contributed by atoms with Gasteiger partial charge in [0.2, 0.25) is 0 Å². The van der Waals surface area contributed by atoms with Crippen LogP contribution in [-0.2, 0) is 16.1 Å². The first-order chi connectivity index (χ1) is 9.15. The van der Waals surface area contributed by atoms with Gasteiger partial charge in [0.15, 0.2) is 0 Å². The van der Waals surface area contributed by atoms with Crippen molar-refractivity contribution in [3.05, 3.63) is 62.3 Å². The van der Waals surface area contributed by atoms with Crippen LogP contribution < -0.4 is 0 Å². The van der Waals surface area contributed by atoms with E-state index in [0.29, 0.717) is 10.0 Å². The van der Waals surface area contributed by atoms with Crippen LogP contribution in [0.1, 0.15) is 10.4 Å². The molecule has 0 atom stereocenters. The van der Waals surface area contributed by atoms with Gasteiger partial charge in [0, 0.05) is 26.6 Å². The lowest BCUT2D eigenvalue weighted by atomic mass is 10.2. The van der Waals surface area contributed by atoms with Gasteiger partial charge in [-0.25, -0.2) is 4.79 Å². The van der Waals surface area contributed by atoms with Crippen molar-refractivity contribution in [2.75, 3.05) is 0 Å². The number of carbonyl (C=O) groups excluding carboxylic acids is 1. The second-order valence-electron chi connectivity index (χ2n) is 3.69. The lowest BCUT2D eigenvalue weighted by Gasteiger charge is -2.04. The Hall–Kier alpha value is -1.29. The summed E-state index contributed by atoms with van der Waals surface area (Å²) in [6.07, 6.45) is 3.12. The van der Waals surface area contributed by atoms with E-state index in [4.69, 9.17) is 27.9 Å². The Labute approximate surface area is 125 Å². The summed E-state index contributed by atoms with van der Waals surface area (Å²) in [5.74, 6) is -0.403. The molecule has 0 N–H and O–H groups in total. The molecular formula is C14H10Cl2O2S. The maximum absolute atomic E-state index is 11.5. The maximum Gasteiger partial charge on any atom is 0.331 e. The van der Waals surface area contributed by atoms with Crippen molar-refractivity contribution in [2.24, 2.45) is 0 Å². The van der Waals surface area contributed by atoms with Crippen molar-refractivity contribution in [1.29, 1.82) is 0 Å². The predicted molar refractivity (Wildman–Crippen MR) is 79.6 cm³/mol. The summed E-state index contributed by atoms with van der Waals surface area (Å²) in [5, 5.41) is 2.98. The van der Waals surface area contributed by atoms with Gasteiger partial charge in [-0.15, -0.1) is 11.3 Å². The summed E-state index contributed by atoms with van der Waals surface area (Å²) in [5.41, 5.74) is 0.726. The number of rotatable bonds is 4. The van der Waals surface area contributed by atoms with Crippen LogP contribution in [0, 0.1) is 0 Å². The fourth-order valence-corrected chi connectivity index (χ4v) is 2.45. The first kappa shape index (κ1) is 14.1. The monoisotopic (exact) mass is 312 g/mol. The van der Waals surface area contributed by atoms with E-state index in [1.54, 1.807) is 35.6 Å². The predicted octanol–water partition coefficient (Wildman–Crippen LogP) is 4.81. The van der Waals surface area contributed by atoms with E-state index < -0.39 is 5.97 Å². The largest absolute Gasteiger partial charge is 0.458 e. The van der Waals surface area contributed by atoms with Gasteiger partial charge in [-0.05, 0) is 29.7 Å². The lowest BCUT2D eigenvalue weighted by molar-refractivity contribution is -0.138. The Balaban J connectivity index is 1.90. The molecule has 5 heteroatoms. The summed E-state index contributed by atoms with van der Waals surface area (Å²) < 4.78 is 5.10. The summed E-state index contributed by atoms with van der Waals surface area (Å²) in [6.45, 7) is 0.129. The zero-order valence-corrected chi connectivity index (χ0v) is 12.1. The first-order valence-electron chi connectivity index (χ1n) is 5.47. The van der Waals surface area contributed by atoms with Crippen LogP contribution in [0.4, 0.5) is 0 Å². The number of halogens is 2. The molecule has 1 aromatic heterocycles. The van der Waals surface area contributed by atoms with Crippen molar-refractivity contribution in [3.63, 3.8) is 0 Å². The van der Waals surface area contributed by atoms with Gasteiger partial charge in [-0.1, -0.05) is 35.3 Å². The SMILES string of the molecule is O=C(/C=C/c1cccs1)OCc1ccc(Cl)cc1Cl. The Kier molecular flexibility index (Phi) is 5.02. The third kappa shape index (κ3) is 4.39. The highest BCUT2D eigenvalue weighted by Crippen LogP contribution is 2.21. The molecule has 98 valence electrons. The normalized spacial score (nSPS) is 10.8. The Bertz CT molecular complexity index is 591. The molecule has 0 spiro atoms. The van der Waals surface area contributed by atoms with Crippen LogP contribution in [0.15, 0.2) is 41.8 Å². The Morgan fingerprint density at radius 1 is 1.32 bits per heavy atom. The average Bonchev–Trinajstić information content (AvgIpc) is 2.88. The smallest absolute Gasteiger partial charge is 0.331 e. The Morgan fingerprint density at radius 2 is 2.16 bits per heavy atom. The summed E-state index contributed by atoms with van der Waals surface area (Å²) in [4.78, 5) is 12.5. The molecule has 0 aliphatic rings. The minimum Gasteiger partial charge on any atom is -0.458 e. The van der Waals surface area contributed by atoms with Crippen LogP contribution in [0.3, 0.4) is 0 Å². The lowest BCUT2D eigenvalue weighted by Crippen LogP contribution is -2.01. The van der Waals surface area contributed by atoms with E-state index in [9.17, 15) is 4.79 Å². The van der Waals surface area contributed by atoms with Crippen LogP contribution in [0.2, 0.25) is 10.0 Å². The molecule has 0 unspecified atom stereocenters. The number of hydrogen-bond donors (Lipinski definition) is 0. The molecule has 2 rings (SSSR count). The van der Waals surface area contributed by atoms with Crippen molar-refractivity contribution in [1.82, 2.24) is 0 Å². The van der Waals surface area contributed by atoms with Gasteiger partial charge in [0.05, 0.1) is 0 Å². The van der Waals surface area contributed by atoms with E-state index in [0.717, 1.165) is 10.4 Å². The van der Waals surface area contributed by atoms with Crippen LogP contribution in [-0.4, -0.2) is 5.97 Å². The molecule has 0 fully saturated rings. The molecule has 0 saturated carbocycles. The molecular weight excluding hydrogens is 303 g/mol. The minimum absolute atomic E-state index is 0.129. The van der Waals surface area contributed by atoms with Gasteiger partial charge in [0.1, 0.15) is 6.61 Å². The molecule has 1 aromatic carbocycles. The third-order valence-corrected chi connectivity index (χ3v) is 3.74. The van der Waals surface area contributed by atoms with Crippen molar-refractivity contribution >= 4 is 46.6 Å². The quantitative estimate of drug-likeness (QED) is 0.598. The molecule has 0 radical (unpaired) electrons. The van der Waals surface area contributed by atoms with E-state index in [-0.39, 0.29) is 6.61 Å². The molecule has 0 amide bonds. The van der Waals surface area contributed by atoms with Crippen molar-refractivity contribution in [3.8, 4) is 0 Å². The molecule has 0 aliphatic heterocycles. The highest BCUT2D eigenvalue weighted by atomic mass is 35.5. The number of ether oxygens (including phenoxy) is 1. The van der Waals surface area contributed by atoms with Crippen molar-refractivity contribution < 1.29 is 9.53 Å². The highest BCUT2D eigenvalue weighted by Gasteiger charge is 2.04. The molecule has 0 bridgehead atoms. The van der Waals surface area contributed by atoms with Crippen molar-refractivity contribution in [2.45, 2.75) is 6.61 Å². The molecule has 19 heavy (non-hydrogen) atoms. The first-order valence-corrected chi connectivity index (χ1v) is 7.11. The van der Waals surface area contributed by atoms with Gasteiger partial charge < -0.3 is 4.74 Å². The third-order valence-electron chi connectivity index (χ3n) is 2.31. The second-order valence-corrected chi connectivity index (χ2v) is 5.52. The Morgan fingerprint density at radius 3 is 2.84 bits per heavy atom. The van der Waals surface area contributed by atoms with Crippen LogP contribution in [0.25, 0.3) is 6.08 Å². The zero-order valence-electron chi connectivity index (χ0n) is 9.81. The number of benzene rings is 1. The van der Waals surface area contributed by atoms with E-state index in [1.807, 2.05) is 17.5 Å². The van der Waals surface area contributed by atoms with Gasteiger partial charge in [-0.2, -0.15) is 0 Å². The van der Waals surface area contributed by atoms with Gasteiger partial charge in [0.25, 0.3) is 0 Å². The molecule has 2 nitrogen and oxygen atoms in total. The number of thiophene rings is 1. The summed E-state index contributed by atoms with van der Waals surface area (Å²) in [7, 11) is 0. The molecule has 2 aromatic rings. The second kappa shape index (κ2) is 6.75. The fourth-order valence-electron chi connectivity index (χ4n) is 1.37. The van der Waals surface area contributed by atoms with Crippen LogP contribution >= 0.6 is 34.5 Å². The average molecular weight is 313 g/mol. The molecule has 0 saturated heterocycles. The zero-order chi connectivity index (χ0) is 13.7. The number of esters is 1. The van der Waals surface area contributed by atoms with Gasteiger partial charge >= 0.3 is 5.97 Å². The van der Waals surface area contributed by atoms with Crippen LogP contribution in [0.5, 0.6) is 0 Å². The maximum atomic E-state index is 11.5. The summed E-state index contributed by atoms with van der Waals surface area (Å²) in [6, 6.07) is 8.90. The summed E-state index contributed by atoms with van der Waals surface area (Å²) >= 11 is 13.3. The van der Waals surface area contributed by atoms with E-state index in [2.05, 4.69) is 0 Å². The topological polar surface area (TPSA) is 26.3 Å². The van der Waals surface area contributed by atoms with Gasteiger partial charge in [-0.3, -0.25) is 0 Å². The fraction of sp³-hybridized carbons (Fsp3) is 0.0714. The minimum atomic E-state index is -0.403. The van der Waals surface area contributed by atoms with E-state index in [1.165, 1.54) is 6.08 Å². The van der Waals surface area contributed by atoms with E-state index >= 15 is 0 Å². The number of hydrogen-bond acceptors (Lipinski definition) is 3. The molecule has 1 heterocycles. The standard InChI is InChI=1S/C14H10Cl2O2S/c15-11-4-3-10(13(16)8-11)9-18-14(17)6-5-12-2-1-7-19-12/h1-8H,9H2/b6-5+. The molecule has 0 aliphatic carbocycles. The number of carbonyl (C=O) groups is 1. The highest BCUT2D eigenvalue weighted by molar-refractivity contribution is 7.10.